The number of aliphatic hydroxyl groups is 1. The van der Waals surface area contributed by atoms with Crippen LogP contribution in [-0.4, -0.2) is 62.4 Å². The first-order valence-corrected chi connectivity index (χ1v) is 10.8. The second-order valence-electron chi connectivity index (χ2n) is 7.99. The van der Waals surface area contributed by atoms with E-state index in [0.29, 0.717) is 48.8 Å². The van der Waals surface area contributed by atoms with Crippen LogP contribution in [0, 0.1) is 5.82 Å². The van der Waals surface area contributed by atoms with Crippen LogP contribution < -0.4 is 10.2 Å². The Kier molecular flexibility index (Phi) is 5.44. The maximum atomic E-state index is 15.1. The molecular weight excluding hydrogens is 439 g/mol. The molecule has 9 nitrogen and oxygen atoms in total. The fourth-order valence-corrected chi connectivity index (χ4v) is 4.41. The third kappa shape index (κ3) is 3.68. The van der Waals surface area contributed by atoms with Gasteiger partial charge in [0.25, 0.3) is 0 Å². The van der Waals surface area contributed by atoms with Crippen molar-refractivity contribution >= 4 is 40.4 Å². The van der Waals surface area contributed by atoms with Crippen LogP contribution in [0.5, 0.6) is 0 Å². The number of amides is 1. The van der Waals surface area contributed by atoms with Gasteiger partial charge >= 0.3 is 0 Å². The van der Waals surface area contributed by atoms with E-state index in [-0.39, 0.29) is 35.0 Å². The summed E-state index contributed by atoms with van der Waals surface area (Å²) in [4.78, 5) is 26.6. The van der Waals surface area contributed by atoms with Crippen molar-refractivity contribution in [1.82, 2.24) is 19.5 Å². The van der Waals surface area contributed by atoms with Crippen molar-refractivity contribution in [3.63, 3.8) is 0 Å². The lowest BCUT2D eigenvalue weighted by atomic mass is 10.1. The van der Waals surface area contributed by atoms with Gasteiger partial charge in [-0.1, -0.05) is 11.6 Å². The van der Waals surface area contributed by atoms with Gasteiger partial charge in [-0.05, 0) is 25.0 Å². The SMILES string of the molecule is CC(=O)N1CCCn2c1nc1c(F)cc(-c3nc(N[C@@H]4CCOC[C@H]4O)ncc3Cl)cc12. The number of imidazole rings is 1. The van der Waals surface area contributed by atoms with Gasteiger partial charge in [0.05, 0.1) is 41.2 Å². The van der Waals surface area contributed by atoms with Gasteiger partial charge in [0.1, 0.15) is 5.52 Å². The van der Waals surface area contributed by atoms with E-state index in [1.165, 1.54) is 19.2 Å². The number of nitrogens with zero attached hydrogens (tertiary/aromatic N) is 5. The lowest BCUT2D eigenvalue weighted by Gasteiger charge is -2.28. The Labute approximate surface area is 188 Å². The molecule has 4 heterocycles. The molecule has 1 amide bonds. The molecular formula is C21H22ClFN6O3. The van der Waals surface area contributed by atoms with E-state index in [2.05, 4.69) is 20.3 Å². The minimum Gasteiger partial charge on any atom is -0.389 e. The number of hydrogen-bond donors (Lipinski definition) is 2. The Morgan fingerprint density at radius 1 is 1.34 bits per heavy atom. The number of aliphatic hydroxyl groups excluding tert-OH is 1. The number of carbonyl (C=O) groups excluding carboxylic acids is 1. The number of carbonyl (C=O) groups is 1. The van der Waals surface area contributed by atoms with Gasteiger partial charge in [0.15, 0.2) is 5.82 Å². The molecule has 0 spiro atoms. The molecule has 2 atom stereocenters. The summed E-state index contributed by atoms with van der Waals surface area (Å²) in [5.41, 5.74) is 1.61. The minimum atomic E-state index is -0.678. The summed E-state index contributed by atoms with van der Waals surface area (Å²) in [7, 11) is 0. The molecule has 2 N–H and O–H groups in total. The zero-order chi connectivity index (χ0) is 22.4. The molecule has 32 heavy (non-hydrogen) atoms. The van der Waals surface area contributed by atoms with Crippen molar-refractivity contribution in [3.05, 3.63) is 29.2 Å². The number of benzene rings is 1. The molecule has 0 radical (unpaired) electrons. The Hall–Kier alpha value is -2.82. The third-order valence-corrected chi connectivity index (χ3v) is 6.11. The number of hydrogen-bond acceptors (Lipinski definition) is 7. The summed E-state index contributed by atoms with van der Waals surface area (Å²) in [6.45, 7) is 3.42. The van der Waals surface area contributed by atoms with Crippen LogP contribution in [0.1, 0.15) is 19.8 Å². The molecule has 2 aliphatic rings. The first-order valence-electron chi connectivity index (χ1n) is 10.5. The second-order valence-corrected chi connectivity index (χ2v) is 8.39. The molecule has 11 heteroatoms. The van der Waals surface area contributed by atoms with E-state index in [1.807, 2.05) is 4.57 Å². The van der Waals surface area contributed by atoms with Crippen molar-refractivity contribution in [3.8, 4) is 11.3 Å². The van der Waals surface area contributed by atoms with Crippen molar-refractivity contribution in [2.75, 3.05) is 30.0 Å². The lowest BCUT2D eigenvalue weighted by molar-refractivity contribution is -0.116. The van der Waals surface area contributed by atoms with E-state index in [0.717, 1.165) is 6.42 Å². The predicted octanol–water partition coefficient (Wildman–Crippen LogP) is 2.60. The highest BCUT2D eigenvalue weighted by Gasteiger charge is 2.27. The predicted molar refractivity (Wildman–Crippen MR) is 117 cm³/mol. The first-order chi connectivity index (χ1) is 15.4. The van der Waals surface area contributed by atoms with Gasteiger partial charge < -0.3 is 19.7 Å². The van der Waals surface area contributed by atoms with E-state index >= 15 is 4.39 Å². The molecule has 1 aromatic carbocycles. The van der Waals surface area contributed by atoms with Crippen molar-refractivity contribution in [2.24, 2.45) is 0 Å². The fourth-order valence-electron chi connectivity index (χ4n) is 4.21. The summed E-state index contributed by atoms with van der Waals surface area (Å²) in [5, 5.41) is 13.5. The van der Waals surface area contributed by atoms with Gasteiger partial charge in [-0.3, -0.25) is 9.69 Å². The molecule has 5 rings (SSSR count). The molecule has 0 bridgehead atoms. The van der Waals surface area contributed by atoms with Crippen LogP contribution in [0.2, 0.25) is 5.02 Å². The van der Waals surface area contributed by atoms with E-state index in [9.17, 15) is 9.90 Å². The summed E-state index contributed by atoms with van der Waals surface area (Å²) in [6.07, 6.45) is 2.13. The number of fused-ring (bicyclic) bond motifs is 3. The molecule has 2 aromatic heterocycles. The van der Waals surface area contributed by atoms with Crippen molar-refractivity contribution in [1.29, 1.82) is 0 Å². The molecule has 0 aliphatic carbocycles. The highest BCUT2D eigenvalue weighted by atomic mass is 35.5. The molecule has 1 fully saturated rings. The van der Waals surface area contributed by atoms with E-state index < -0.39 is 11.9 Å². The largest absolute Gasteiger partial charge is 0.389 e. The summed E-state index contributed by atoms with van der Waals surface area (Å²) >= 11 is 6.37. The standard InChI is InChI=1S/C21H22ClFN6O3/c1-11(30)28-4-2-5-29-16-8-12(7-14(23)19(16)27-21(28)29)18-13(22)9-24-20(26-18)25-15-3-6-32-10-17(15)31/h7-9,15,17,31H,2-6,10H2,1H3,(H,24,25,26)/t15-,17-/m1/s1. The molecule has 0 unspecified atom stereocenters. The van der Waals surface area contributed by atoms with Gasteiger partial charge in [-0.15, -0.1) is 0 Å². The third-order valence-electron chi connectivity index (χ3n) is 5.83. The van der Waals surface area contributed by atoms with Crippen LogP contribution in [0.4, 0.5) is 16.3 Å². The number of halogens is 2. The normalized spacial score (nSPS) is 20.9. The average Bonchev–Trinajstić information content (AvgIpc) is 3.16. The maximum Gasteiger partial charge on any atom is 0.226 e. The number of aryl methyl sites for hydroxylation is 1. The first kappa shape index (κ1) is 21.0. The van der Waals surface area contributed by atoms with Crippen LogP contribution in [0.3, 0.4) is 0 Å². The van der Waals surface area contributed by atoms with E-state index in [4.69, 9.17) is 16.3 Å². The molecule has 2 aliphatic heterocycles. The fraction of sp³-hybridized carbons (Fsp3) is 0.429. The smallest absolute Gasteiger partial charge is 0.226 e. The van der Waals surface area contributed by atoms with E-state index in [1.54, 1.807) is 11.0 Å². The Bertz CT molecular complexity index is 1200. The van der Waals surface area contributed by atoms with Gasteiger partial charge in [-0.2, -0.15) is 0 Å². The number of aromatic nitrogens is 4. The monoisotopic (exact) mass is 460 g/mol. The topological polar surface area (TPSA) is 105 Å². The average molecular weight is 461 g/mol. The Morgan fingerprint density at radius 3 is 2.97 bits per heavy atom. The molecule has 3 aromatic rings. The summed E-state index contributed by atoms with van der Waals surface area (Å²) < 4.78 is 22.2. The van der Waals surface area contributed by atoms with Crippen molar-refractivity contribution in [2.45, 2.75) is 38.5 Å². The highest BCUT2D eigenvalue weighted by Crippen LogP contribution is 2.34. The summed E-state index contributed by atoms with van der Waals surface area (Å²) in [5.74, 6) is 0.0760. The number of nitrogens with one attached hydrogen (secondary N) is 1. The molecule has 0 saturated carbocycles. The van der Waals surface area contributed by atoms with Crippen LogP contribution in [0.15, 0.2) is 18.3 Å². The zero-order valence-electron chi connectivity index (χ0n) is 17.4. The quantitative estimate of drug-likeness (QED) is 0.618. The van der Waals surface area contributed by atoms with Crippen LogP contribution in [-0.2, 0) is 16.1 Å². The summed E-state index contributed by atoms with van der Waals surface area (Å²) in [6, 6.07) is 2.86. The highest BCUT2D eigenvalue weighted by molar-refractivity contribution is 6.33. The number of anilines is 2. The molecule has 168 valence electrons. The Balaban J connectivity index is 1.55. The molecule has 1 saturated heterocycles. The minimum absolute atomic E-state index is 0.133. The van der Waals surface area contributed by atoms with Crippen LogP contribution >= 0.6 is 11.6 Å². The number of ether oxygens (including phenoxy) is 1. The van der Waals surface area contributed by atoms with Gasteiger partial charge in [-0.25, -0.2) is 19.3 Å². The number of rotatable bonds is 3. The zero-order valence-corrected chi connectivity index (χ0v) is 18.1. The van der Waals surface area contributed by atoms with Crippen molar-refractivity contribution < 1.29 is 19.0 Å². The van der Waals surface area contributed by atoms with Crippen LogP contribution in [0.25, 0.3) is 22.3 Å². The maximum absolute atomic E-state index is 15.1. The van der Waals surface area contributed by atoms with Gasteiger partial charge in [0, 0.05) is 32.2 Å². The Morgan fingerprint density at radius 2 is 2.19 bits per heavy atom. The lowest BCUT2D eigenvalue weighted by Crippen LogP contribution is -2.42. The second kappa shape index (κ2) is 8.27. The van der Waals surface area contributed by atoms with Gasteiger partial charge in [0.2, 0.25) is 17.8 Å².